The van der Waals surface area contributed by atoms with E-state index in [1.54, 1.807) is 0 Å². The first-order chi connectivity index (χ1) is 6.41. The maximum absolute atomic E-state index is 11.0. The van der Waals surface area contributed by atoms with E-state index in [1.807, 2.05) is 20.8 Å². The summed E-state index contributed by atoms with van der Waals surface area (Å²) in [6.45, 7) is 5.76. The summed E-state index contributed by atoms with van der Waals surface area (Å²) in [6.07, 6.45) is 1.14. The third-order valence-electron chi connectivity index (χ3n) is 3.63. The zero-order valence-corrected chi connectivity index (χ0v) is 8.82. The van der Waals surface area contributed by atoms with E-state index in [0.29, 0.717) is 18.6 Å². The van der Waals surface area contributed by atoms with Crippen LogP contribution in [0.4, 0.5) is 0 Å². The Morgan fingerprint density at radius 2 is 2.14 bits per heavy atom. The van der Waals surface area contributed by atoms with Gasteiger partial charge in [0.15, 0.2) is 0 Å². The van der Waals surface area contributed by atoms with Crippen molar-refractivity contribution in [2.24, 2.45) is 22.4 Å². The summed E-state index contributed by atoms with van der Waals surface area (Å²) in [5, 5.41) is 21.0. The van der Waals surface area contributed by atoms with Gasteiger partial charge in [-0.25, -0.2) is 0 Å². The summed E-state index contributed by atoms with van der Waals surface area (Å²) in [6, 6.07) is 0. The van der Waals surface area contributed by atoms with Gasteiger partial charge in [-0.1, -0.05) is 25.9 Å². The van der Waals surface area contributed by atoms with Gasteiger partial charge in [-0.2, -0.15) is 0 Å². The molecule has 1 aliphatic rings. The molecule has 0 saturated heterocycles. The Hall–Kier alpha value is -1.06. The lowest BCUT2D eigenvalue weighted by Gasteiger charge is -2.41. The summed E-state index contributed by atoms with van der Waals surface area (Å²) in [7, 11) is 0. The van der Waals surface area contributed by atoms with E-state index in [0.717, 1.165) is 0 Å². The van der Waals surface area contributed by atoms with Gasteiger partial charge in [-0.05, 0) is 18.3 Å². The van der Waals surface area contributed by atoms with E-state index >= 15 is 0 Å². The highest BCUT2D eigenvalue weighted by molar-refractivity contribution is 5.89. The van der Waals surface area contributed by atoms with E-state index < -0.39 is 5.97 Å². The zero-order valence-electron chi connectivity index (χ0n) is 8.82. The maximum atomic E-state index is 11.0. The standard InChI is InChI=1S/C10H17NO3/c1-6-8(11-14)5-4-7(9(12)13)10(6,2)3/h6-7,14H,4-5H2,1-3H3,(H,12,13)/b11-8-. The SMILES string of the molecule is CC1/C(=N\O)CCC(C(=O)O)C1(C)C. The number of carboxylic acids is 1. The van der Waals surface area contributed by atoms with Crippen LogP contribution in [0.3, 0.4) is 0 Å². The average Bonchev–Trinajstić information content (AvgIpc) is 2.08. The van der Waals surface area contributed by atoms with Crippen molar-refractivity contribution in [3.8, 4) is 0 Å². The van der Waals surface area contributed by atoms with Gasteiger partial charge in [0.05, 0.1) is 11.6 Å². The summed E-state index contributed by atoms with van der Waals surface area (Å²) < 4.78 is 0. The Balaban J connectivity index is 2.96. The van der Waals surface area contributed by atoms with Crippen LogP contribution in [0.2, 0.25) is 0 Å². The molecule has 2 atom stereocenters. The third kappa shape index (κ3) is 1.61. The van der Waals surface area contributed by atoms with Crippen LogP contribution in [-0.2, 0) is 4.79 Å². The van der Waals surface area contributed by atoms with E-state index in [4.69, 9.17) is 10.3 Å². The van der Waals surface area contributed by atoms with Gasteiger partial charge in [0.1, 0.15) is 0 Å². The Morgan fingerprint density at radius 3 is 2.57 bits per heavy atom. The molecule has 1 fully saturated rings. The predicted octanol–water partition coefficient (Wildman–Crippen LogP) is 1.97. The molecule has 2 N–H and O–H groups in total. The topological polar surface area (TPSA) is 69.9 Å². The molecule has 2 unspecified atom stereocenters. The third-order valence-corrected chi connectivity index (χ3v) is 3.63. The smallest absolute Gasteiger partial charge is 0.307 e. The molecule has 0 radical (unpaired) electrons. The number of rotatable bonds is 1. The lowest BCUT2D eigenvalue weighted by atomic mass is 9.62. The van der Waals surface area contributed by atoms with Crippen LogP contribution in [-0.4, -0.2) is 22.0 Å². The van der Waals surface area contributed by atoms with E-state index in [9.17, 15) is 4.79 Å². The molecule has 1 aliphatic carbocycles. The van der Waals surface area contributed by atoms with E-state index in [1.165, 1.54) is 0 Å². The molecule has 0 amide bonds. The molecule has 0 bridgehead atoms. The van der Waals surface area contributed by atoms with Crippen molar-refractivity contribution in [3.05, 3.63) is 0 Å². The van der Waals surface area contributed by atoms with Crippen LogP contribution in [0.25, 0.3) is 0 Å². The van der Waals surface area contributed by atoms with Crippen LogP contribution < -0.4 is 0 Å². The first-order valence-corrected chi connectivity index (χ1v) is 4.85. The summed E-state index contributed by atoms with van der Waals surface area (Å²) >= 11 is 0. The minimum atomic E-state index is -0.751. The molecule has 0 aromatic heterocycles. The molecule has 0 heterocycles. The summed E-state index contributed by atoms with van der Waals surface area (Å²) in [5.41, 5.74) is 0.374. The van der Waals surface area contributed by atoms with Gasteiger partial charge in [0.2, 0.25) is 0 Å². The molecule has 0 aromatic carbocycles. The predicted molar refractivity (Wildman–Crippen MR) is 52.5 cm³/mol. The molecule has 80 valence electrons. The molecule has 1 saturated carbocycles. The fourth-order valence-electron chi connectivity index (χ4n) is 2.19. The molecular weight excluding hydrogens is 182 g/mol. The van der Waals surface area contributed by atoms with Crippen LogP contribution in [0, 0.1) is 17.3 Å². The number of aliphatic carboxylic acids is 1. The second-order valence-corrected chi connectivity index (χ2v) is 4.56. The molecule has 4 nitrogen and oxygen atoms in total. The molecule has 0 aliphatic heterocycles. The van der Waals surface area contributed by atoms with Gasteiger partial charge in [-0.15, -0.1) is 0 Å². The number of oxime groups is 1. The Kier molecular flexibility index (Phi) is 2.83. The second kappa shape index (κ2) is 3.59. The number of carboxylic acid groups (broad SMARTS) is 1. The van der Waals surface area contributed by atoms with Crippen molar-refractivity contribution in [2.45, 2.75) is 33.6 Å². The highest BCUT2D eigenvalue weighted by Gasteiger charge is 2.44. The summed E-state index contributed by atoms with van der Waals surface area (Å²) in [4.78, 5) is 11.0. The van der Waals surface area contributed by atoms with Gasteiger partial charge >= 0.3 is 5.97 Å². The number of hydrogen-bond acceptors (Lipinski definition) is 3. The first-order valence-electron chi connectivity index (χ1n) is 4.85. The zero-order chi connectivity index (χ0) is 10.9. The maximum Gasteiger partial charge on any atom is 0.307 e. The quantitative estimate of drug-likeness (QED) is 0.501. The Labute approximate surface area is 83.6 Å². The van der Waals surface area contributed by atoms with Crippen molar-refractivity contribution in [3.63, 3.8) is 0 Å². The molecule has 0 aromatic rings. The van der Waals surface area contributed by atoms with Gasteiger partial charge < -0.3 is 10.3 Å². The number of hydrogen-bond donors (Lipinski definition) is 2. The lowest BCUT2D eigenvalue weighted by molar-refractivity contribution is -0.147. The normalized spacial score (nSPS) is 34.4. The fraction of sp³-hybridized carbons (Fsp3) is 0.800. The summed E-state index contributed by atoms with van der Waals surface area (Å²) in [5.74, 6) is -1.08. The van der Waals surface area contributed by atoms with Gasteiger partial charge in [0, 0.05) is 5.92 Å². The average molecular weight is 199 g/mol. The Bertz CT molecular complexity index is 271. The molecular formula is C10H17NO3. The minimum Gasteiger partial charge on any atom is -0.481 e. The minimum absolute atomic E-state index is 0.0161. The van der Waals surface area contributed by atoms with Gasteiger partial charge in [-0.3, -0.25) is 4.79 Å². The molecule has 4 heteroatoms. The monoisotopic (exact) mass is 199 g/mol. The van der Waals surface area contributed by atoms with Crippen molar-refractivity contribution in [1.82, 2.24) is 0 Å². The lowest BCUT2D eigenvalue weighted by Crippen LogP contribution is -2.44. The van der Waals surface area contributed by atoms with Crippen molar-refractivity contribution >= 4 is 11.7 Å². The van der Waals surface area contributed by atoms with E-state index in [-0.39, 0.29) is 17.3 Å². The first kappa shape index (κ1) is 11.0. The van der Waals surface area contributed by atoms with Crippen molar-refractivity contribution in [1.29, 1.82) is 0 Å². The molecule has 1 rings (SSSR count). The Morgan fingerprint density at radius 1 is 1.57 bits per heavy atom. The fourth-order valence-corrected chi connectivity index (χ4v) is 2.19. The number of carbonyl (C=O) groups is 1. The number of nitrogens with zero attached hydrogens (tertiary/aromatic N) is 1. The second-order valence-electron chi connectivity index (χ2n) is 4.56. The van der Waals surface area contributed by atoms with Crippen LogP contribution in [0.1, 0.15) is 33.6 Å². The molecule has 14 heavy (non-hydrogen) atoms. The molecule has 0 spiro atoms. The highest BCUT2D eigenvalue weighted by atomic mass is 16.4. The van der Waals surface area contributed by atoms with E-state index in [2.05, 4.69) is 5.16 Å². The van der Waals surface area contributed by atoms with Crippen molar-refractivity contribution < 1.29 is 15.1 Å². The highest BCUT2D eigenvalue weighted by Crippen LogP contribution is 2.43. The van der Waals surface area contributed by atoms with Crippen molar-refractivity contribution in [2.75, 3.05) is 0 Å². The van der Waals surface area contributed by atoms with Crippen LogP contribution >= 0.6 is 0 Å². The van der Waals surface area contributed by atoms with Crippen LogP contribution in [0.5, 0.6) is 0 Å². The van der Waals surface area contributed by atoms with Crippen LogP contribution in [0.15, 0.2) is 5.16 Å². The van der Waals surface area contributed by atoms with Gasteiger partial charge in [0.25, 0.3) is 0 Å². The largest absolute Gasteiger partial charge is 0.481 e.